The average Bonchev–Trinajstić information content (AvgIpc) is 2.26. The van der Waals surface area contributed by atoms with Gasteiger partial charge in [-0.05, 0) is 31.0 Å². The minimum absolute atomic E-state index is 0.237. The Morgan fingerprint density at radius 3 is 1.94 bits per heavy atom. The zero-order chi connectivity index (χ0) is 14.4. The molecule has 0 aromatic heterocycles. The van der Waals surface area contributed by atoms with Crippen LogP contribution in [0.25, 0.3) is 0 Å². The summed E-state index contributed by atoms with van der Waals surface area (Å²) in [6.07, 6.45) is 2.15. The van der Waals surface area contributed by atoms with E-state index in [0.29, 0.717) is 6.16 Å². The Morgan fingerprint density at radius 1 is 1.06 bits per heavy atom. The molecule has 0 aliphatic carbocycles. The van der Waals surface area contributed by atoms with Gasteiger partial charge in [-0.15, -0.1) is 0 Å². The van der Waals surface area contributed by atoms with Crippen molar-refractivity contribution < 1.29 is 18.0 Å². The van der Waals surface area contributed by atoms with Crippen molar-refractivity contribution in [2.45, 2.75) is 51.7 Å². The van der Waals surface area contributed by atoms with Gasteiger partial charge in [0.1, 0.15) is 0 Å². The molecule has 0 aliphatic rings. The van der Waals surface area contributed by atoms with Crippen LogP contribution >= 0.6 is 7.60 Å². The second kappa shape index (κ2) is 7.20. The number of hydrogen-bond donors (Lipinski definition) is 0. The van der Waals surface area contributed by atoms with Crippen LogP contribution in [0, 0.1) is 0 Å². The summed E-state index contributed by atoms with van der Waals surface area (Å²) in [5, 5.41) is 0.237. The SMILES string of the molecule is COP(=O)(CCCCO[Si](C)(C)C(C)(C)C)OC. The Hall–Kier alpha value is 0.327. The van der Waals surface area contributed by atoms with Gasteiger partial charge in [-0.25, -0.2) is 0 Å². The van der Waals surface area contributed by atoms with Gasteiger partial charge in [-0.1, -0.05) is 20.8 Å². The maximum absolute atomic E-state index is 11.8. The van der Waals surface area contributed by atoms with E-state index in [0.717, 1.165) is 19.4 Å². The van der Waals surface area contributed by atoms with E-state index >= 15 is 0 Å². The first kappa shape index (κ1) is 18.3. The fourth-order valence-corrected chi connectivity index (χ4v) is 3.42. The van der Waals surface area contributed by atoms with E-state index in [2.05, 4.69) is 33.9 Å². The highest BCUT2D eigenvalue weighted by molar-refractivity contribution is 7.53. The lowest BCUT2D eigenvalue weighted by molar-refractivity contribution is 0.266. The van der Waals surface area contributed by atoms with E-state index in [-0.39, 0.29) is 5.04 Å². The Bertz CT molecular complexity index is 278. The van der Waals surface area contributed by atoms with Gasteiger partial charge in [0, 0.05) is 20.8 Å². The van der Waals surface area contributed by atoms with Crippen molar-refractivity contribution >= 4 is 15.9 Å². The third-order valence-electron chi connectivity index (χ3n) is 3.65. The first-order chi connectivity index (χ1) is 8.08. The number of rotatable bonds is 8. The predicted octanol–water partition coefficient (Wildman–Crippen LogP) is 4.27. The molecule has 0 unspecified atom stereocenters. The molecule has 6 heteroatoms. The molecule has 0 aromatic rings. The first-order valence-corrected chi connectivity index (χ1v) is 11.1. The van der Waals surface area contributed by atoms with Crippen LogP contribution in [0.3, 0.4) is 0 Å². The monoisotopic (exact) mass is 296 g/mol. The molecule has 0 N–H and O–H groups in total. The molecule has 0 aromatic carbocycles. The van der Waals surface area contributed by atoms with Crippen LogP contribution in [0.1, 0.15) is 33.6 Å². The first-order valence-electron chi connectivity index (χ1n) is 6.42. The number of unbranched alkanes of at least 4 members (excludes halogenated alkanes) is 1. The molecule has 0 saturated heterocycles. The molecule has 0 bridgehead atoms. The quantitative estimate of drug-likeness (QED) is 0.381. The summed E-state index contributed by atoms with van der Waals surface area (Å²) in [5.74, 6) is 0. The maximum Gasteiger partial charge on any atom is 0.330 e. The zero-order valence-corrected chi connectivity index (χ0v) is 14.8. The Balaban J connectivity index is 3.92. The smallest absolute Gasteiger partial charge is 0.330 e. The van der Waals surface area contributed by atoms with Crippen molar-refractivity contribution in [1.29, 1.82) is 0 Å². The Kier molecular flexibility index (Phi) is 7.33. The van der Waals surface area contributed by atoms with Crippen molar-refractivity contribution in [3.63, 3.8) is 0 Å². The van der Waals surface area contributed by atoms with Gasteiger partial charge in [0.05, 0.1) is 6.16 Å². The molecule has 4 nitrogen and oxygen atoms in total. The maximum atomic E-state index is 11.8. The van der Waals surface area contributed by atoms with Crippen molar-refractivity contribution in [3.8, 4) is 0 Å². The minimum atomic E-state index is -2.84. The largest absolute Gasteiger partial charge is 0.417 e. The standard InChI is InChI=1S/C12H29O4PSi/c1-12(2,3)18(6,7)16-10-8-9-11-17(13,14-4)15-5/h8-11H2,1-7H3. The van der Waals surface area contributed by atoms with E-state index in [9.17, 15) is 4.57 Å². The van der Waals surface area contributed by atoms with Crippen molar-refractivity contribution in [3.05, 3.63) is 0 Å². The van der Waals surface area contributed by atoms with Crippen LogP contribution in [0.2, 0.25) is 18.1 Å². The molecule has 0 amide bonds. The summed E-state index contributed by atoms with van der Waals surface area (Å²) in [7, 11) is -1.63. The molecule has 0 saturated carbocycles. The van der Waals surface area contributed by atoms with E-state index in [1.165, 1.54) is 14.2 Å². The molecular weight excluding hydrogens is 267 g/mol. The predicted molar refractivity (Wildman–Crippen MR) is 78.9 cm³/mol. The van der Waals surface area contributed by atoms with Crippen LogP contribution in [-0.4, -0.2) is 35.3 Å². The molecule has 0 atom stereocenters. The number of hydrogen-bond acceptors (Lipinski definition) is 4. The lowest BCUT2D eigenvalue weighted by atomic mass is 10.2. The van der Waals surface area contributed by atoms with Gasteiger partial charge in [-0.2, -0.15) is 0 Å². The lowest BCUT2D eigenvalue weighted by Gasteiger charge is -2.36. The summed E-state index contributed by atoms with van der Waals surface area (Å²) in [6.45, 7) is 11.9. The van der Waals surface area contributed by atoms with Crippen molar-refractivity contribution in [2.24, 2.45) is 0 Å². The third-order valence-corrected chi connectivity index (χ3v) is 10.2. The summed E-state index contributed by atoms with van der Waals surface area (Å²) in [4.78, 5) is 0. The molecule has 0 aliphatic heterocycles. The van der Waals surface area contributed by atoms with Gasteiger partial charge in [0.25, 0.3) is 0 Å². The molecule has 0 heterocycles. The lowest BCUT2D eigenvalue weighted by Crippen LogP contribution is -2.40. The van der Waals surface area contributed by atoms with Gasteiger partial charge in [0.2, 0.25) is 0 Å². The summed E-state index contributed by atoms with van der Waals surface area (Å²) >= 11 is 0. The highest BCUT2D eigenvalue weighted by Gasteiger charge is 2.36. The average molecular weight is 296 g/mol. The fourth-order valence-electron chi connectivity index (χ4n) is 1.21. The summed E-state index contributed by atoms with van der Waals surface area (Å²) in [5.41, 5.74) is 0. The Labute approximate surface area is 113 Å². The highest BCUT2D eigenvalue weighted by Crippen LogP contribution is 2.47. The van der Waals surface area contributed by atoms with E-state index < -0.39 is 15.9 Å². The van der Waals surface area contributed by atoms with E-state index in [1.54, 1.807) is 0 Å². The van der Waals surface area contributed by atoms with Crippen LogP contribution in [0.15, 0.2) is 0 Å². The molecule has 0 spiro atoms. The van der Waals surface area contributed by atoms with Crippen LogP contribution in [-0.2, 0) is 18.0 Å². The third kappa shape index (κ3) is 5.98. The molecule has 0 rings (SSSR count). The van der Waals surface area contributed by atoms with Gasteiger partial charge in [-0.3, -0.25) is 4.57 Å². The highest BCUT2D eigenvalue weighted by atomic mass is 31.2. The van der Waals surface area contributed by atoms with E-state index in [1.807, 2.05) is 0 Å². The second-order valence-electron chi connectivity index (χ2n) is 6.02. The van der Waals surface area contributed by atoms with Gasteiger partial charge in [0.15, 0.2) is 8.32 Å². The zero-order valence-electron chi connectivity index (χ0n) is 12.9. The summed E-state index contributed by atoms with van der Waals surface area (Å²) in [6, 6.07) is 0. The van der Waals surface area contributed by atoms with E-state index in [4.69, 9.17) is 13.5 Å². The molecular formula is C12H29O4PSi. The van der Waals surface area contributed by atoms with Crippen LogP contribution in [0.5, 0.6) is 0 Å². The molecule has 18 heavy (non-hydrogen) atoms. The van der Waals surface area contributed by atoms with Crippen molar-refractivity contribution in [2.75, 3.05) is 27.0 Å². The van der Waals surface area contributed by atoms with Gasteiger partial charge >= 0.3 is 7.60 Å². The molecule has 0 radical (unpaired) electrons. The molecule has 110 valence electrons. The Morgan fingerprint density at radius 2 is 1.56 bits per heavy atom. The molecule has 0 fully saturated rings. The minimum Gasteiger partial charge on any atom is -0.417 e. The topological polar surface area (TPSA) is 44.8 Å². The van der Waals surface area contributed by atoms with Gasteiger partial charge < -0.3 is 13.5 Å². The van der Waals surface area contributed by atoms with Crippen molar-refractivity contribution in [1.82, 2.24) is 0 Å². The summed E-state index contributed by atoms with van der Waals surface area (Å²) < 4.78 is 27.6. The second-order valence-corrected chi connectivity index (χ2v) is 13.2. The normalized spacial score (nSPS) is 13.9. The fraction of sp³-hybridized carbons (Fsp3) is 1.00. The van der Waals surface area contributed by atoms with Crippen LogP contribution < -0.4 is 0 Å². The van der Waals surface area contributed by atoms with Crippen LogP contribution in [0.4, 0.5) is 0 Å².